The Bertz CT molecular complexity index is 357. The van der Waals surface area contributed by atoms with Crippen LogP contribution in [0.15, 0.2) is 0 Å². The zero-order valence-corrected chi connectivity index (χ0v) is 10.4. The van der Waals surface area contributed by atoms with E-state index < -0.39 is 10.0 Å². The molecule has 1 amide bonds. The van der Waals surface area contributed by atoms with Gasteiger partial charge in [0.25, 0.3) is 0 Å². The summed E-state index contributed by atoms with van der Waals surface area (Å²) in [5.74, 6) is -0.376. The lowest BCUT2D eigenvalue weighted by molar-refractivity contribution is -0.127. The number of nitrogens with zero attached hydrogens (tertiary/aromatic N) is 1. The average molecular weight is 265 g/mol. The van der Waals surface area contributed by atoms with Gasteiger partial charge in [-0.2, -0.15) is 0 Å². The second kappa shape index (κ2) is 6.29. The van der Waals surface area contributed by atoms with Gasteiger partial charge < -0.3 is 15.3 Å². The van der Waals surface area contributed by atoms with Crippen LogP contribution in [0.4, 0.5) is 0 Å². The minimum absolute atomic E-state index is 0.0375. The number of carbonyl (C=O) groups excluding carboxylic acids is 1. The first-order chi connectivity index (χ1) is 7.92. The number of primary sulfonamides is 1. The highest BCUT2D eigenvalue weighted by atomic mass is 32.2. The molecule has 0 aliphatic carbocycles. The summed E-state index contributed by atoms with van der Waals surface area (Å²) in [6, 6.07) is 0. The van der Waals surface area contributed by atoms with Gasteiger partial charge >= 0.3 is 0 Å². The molecule has 1 unspecified atom stereocenters. The Kier molecular flexibility index (Phi) is 5.31. The number of nitrogens with two attached hydrogens (primary N) is 1. The summed E-state index contributed by atoms with van der Waals surface area (Å²) >= 11 is 0. The van der Waals surface area contributed by atoms with Crippen LogP contribution in [-0.2, 0) is 14.8 Å². The summed E-state index contributed by atoms with van der Waals surface area (Å²) < 4.78 is 21.8. The van der Waals surface area contributed by atoms with Gasteiger partial charge in [-0.1, -0.05) is 0 Å². The Morgan fingerprint density at radius 2 is 2.18 bits per heavy atom. The molecule has 0 aromatic rings. The van der Waals surface area contributed by atoms with E-state index in [4.69, 9.17) is 10.2 Å². The van der Waals surface area contributed by atoms with Gasteiger partial charge in [-0.05, 0) is 0 Å². The average Bonchev–Trinajstić information content (AvgIpc) is 2.51. The van der Waals surface area contributed by atoms with Gasteiger partial charge in [-0.3, -0.25) is 4.79 Å². The van der Waals surface area contributed by atoms with Crippen LogP contribution in [0.3, 0.4) is 0 Å². The standard InChI is InChI=1S/C9H19N3O4S/c10-17(15,16)7-8-5-9(14)12(6-8)3-1-11-2-4-13/h8,11,13H,1-7H2,(H2,10,15,16). The number of hydrogen-bond acceptors (Lipinski definition) is 5. The minimum Gasteiger partial charge on any atom is -0.395 e. The number of aliphatic hydroxyl groups is 1. The van der Waals surface area contributed by atoms with Crippen molar-refractivity contribution in [2.75, 3.05) is 38.5 Å². The molecule has 1 heterocycles. The quantitative estimate of drug-likeness (QED) is 0.448. The normalized spacial score (nSPS) is 21.2. The van der Waals surface area contributed by atoms with Crippen LogP contribution in [0, 0.1) is 5.92 Å². The van der Waals surface area contributed by atoms with Crippen molar-refractivity contribution in [3.05, 3.63) is 0 Å². The Morgan fingerprint density at radius 1 is 1.47 bits per heavy atom. The second-order valence-corrected chi connectivity index (χ2v) is 5.87. The van der Waals surface area contributed by atoms with E-state index in [0.29, 0.717) is 26.2 Å². The molecule has 1 aliphatic rings. The third-order valence-electron chi connectivity index (χ3n) is 2.61. The fourth-order valence-electron chi connectivity index (χ4n) is 1.93. The fourth-order valence-corrected chi connectivity index (χ4v) is 2.81. The molecular weight excluding hydrogens is 246 g/mol. The molecule has 0 bridgehead atoms. The molecular formula is C9H19N3O4S. The van der Waals surface area contributed by atoms with Gasteiger partial charge in [0.15, 0.2) is 0 Å². The number of likely N-dealkylation sites (tertiary alicyclic amines) is 1. The number of hydrogen-bond donors (Lipinski definition) is 3. The predicted molar refractivity (Wildman–Crippen MR) is 62.6 cm³/mol. The van der Waals surface area contributed by atoms with Crippen molar-refractivity contribution < 1.29 is 18.3 Å². The predicted octanol–water partition coefficient (Wildman–Crippen LogP) is -2.29. The van der Waals surface area contributed by atoms with Crippen LogP contribution in [0.25, 0.3) is 0 Å². The number of nitrogens with one attached hydrogen (secondary N) is 1. The molecule has 0 saturated carbocycles. The molecule has 7 nitrogen and oxygen atoms in total. The van der Waals surface area contributed by atoms with Crippen molar-refractivity contribution in [2.45, 2.75) is 6.42 Å². The van der Waals surface area contributed by atoms with Crippen molar-refractivity contribution in [2.24, 2.45) is 11.1 Å². The minimum atomic E-state index is -3.51. The Labute approximate surface area is 101 Å². The van der Waals surface area contributed by atoms with E-state index in [1.54, 1.807) is 4.90 Å². The summed E-state index contributed by atoms with van der Waals surface area (Å²) in [6.07, 6.45) is 0.246. The van der Waals surface area contributed by atoms with Gasteiger partial charge in [-0.25, -0.2) is 13.6 Å². The van der Waals surface area contributed by atoms with E-state index in [1.807, 2.05) is 0 Å². The lowest BCUT2D eigenvalue weighted by atomic mass is 10.1. The molecule has 17 heavy (non-hydrogen) atoms. The molecule has 1 saturated heterocycles. The van der Waals surface area contributed by atoms with Crippen molar-refractivity contribution in [3.8, 4) is 0 Å². The first kappa shape index (κ1) is 14.4. The molecule has 100 valence electrons. The number of carbonyl (C=O) groups is 1. The lowest BCUT2D eigenvalue weighted by Gasteiger charge is -2.16. The molecule has 1 aliphatic heterocycles. The Balaban J connectivity index is 2.32. The van der Waals surface area contributed by atoms with Crippen molar-refractivity contribution in [1.82, 2.24) is 10.2 Å². The molecule has 1 rings (SSSR count). The zero-order valence-electron chi connectivity index (χ0n) is 9.63. The van der Waals surface area contributed by atoms with E-state index in [-0.39, 0.29) is 30.6 Å². The Hall–Kier alpha value is -0.700. The van der Waals surface area contributed by atoms with E-state index in [1.165, 1.54) is 0 Å². The monoisotopic (exact) mass is 265 g/mol. The SMILES string of the molecule is NS(=O)(=O)CC1CC(=O)N(CCNCCO)C1. The van der Waals surface area contributed by atoms with E-state index in [0.717, 1.165) is 0 Å². The smallest absolute Gasteiger partial charge is 0.223 e. The van der Waals surface area contributed by atoms with Gasteiger partial charge in [0.05, 0.1) is 12.4 Å². The maximum atomic E-state index is 11.5. The highest BCUT2D eigenvalue weighted by molar-refractivity contribution is 7.89. The van der Waals surface area contributed by atoms with E-state index in [9.17, 15) is 13.2 Å². The van der Waals surface area contributed by atoms with E-state index >= 15 is 0 Å². The summed E-state index contributed by atoms with van der Waals surface area (Å²) in [4.78, 5) is 13.2. The van der Waals surface area contributed by atoms with E-state index in [2.05, 4.69) is 5.32 Å². The van der Waals surface area contributed by atoms with Crippen LogP contribution in [-0.4, -0.2) is 62.9 Å². The number of amides is 1. The maximum Gasteiger partial charge on any atom is 0.223 e. The van der Waals surface area contributed by atoms with Gasteiger partial charge in [0.1, 0.15) is 0 Å². The van der Waals surface area contributed by atoms with Crippen LogP contribution in [0.1, 0.15) is 6.42 Å². The molecule has 0 aromatic heterocycles. The van der Waals surface area contributed by atoms with Gasteiger partial charge in [-0.15, -0.1) is 0 Å². The van der Waals surface area contributed by atoms with Crippen molar-refractivity contribution >= 4 is 15.9 Å². The van der Waals surface area contributed by atoms with Crippen LogP contribution in [0.5, 0.6) is 0 Å². The van der Waals surface area contributed by atoms with Crippen molar-refractivity contribution in [1.29, 1.82) is 0 Å². The van der Waals surface area contributed by atoms with Crippen LogP contribution < -0.4 is 10.5 Å². The third kappa shape index (κ3) is 5.44. The summed E-state index contributed by atoms with van der Waals surface area (Å²) in [5, 5.41) is 16.5. The number of sulfonamides is 1. The highest BCUT2D eigenvalue weighted by Gasteiger charge is 2.31. The largest absolute Gasteiger partial charge is 0.395 e. The summed E-state index contributed by atoms with van der Waals surface area (Å²) in [5.41, 5.74) is 0. The topological polar surface area (TPSA) is 113 Å². The molecule has 1 fully saturated rings. The Morgan fingerprint density at radius 3 is 2.76 bits per heavy atom. The fraction of sp³-hybridized carbons (Fsp3) is 0.889. The first-order valence-electron chi connectivity index (χ1n) is 5.52. The molecule has 0 aromatic carbocycles. The zero-order chi connectivity index (χ0) is 12.9. The van der Waals surface area contributed by atoms with Gasteiger partial charge in [0, 0.05) is 38.5 Å². The summed E-state index contributed by atoms with van der Waals surface area (Å²) in [7, 11) is -3.51. The lowest BCUT2D eigenvalue weighted by Crippen LogP contribution is -2.34. The molecule has 0 spiro atoms. The summed E-state index contributed by atoms with van der Waals surface area (Å²) in [6.45, 7) is 2.11. The number of aliphatic hydroxyl groups excluding tert-OH is 1. The second-order valence-electron chi connectivity index (χ2n) is 4.21. The number of rotatable bonds is 7. The van der Waals surface area contributed by atoms with Crippen LogP contribution in [0.2, 0.25) is 0 Å². The highest BCUT2D eigenvalue weighted by Crippen LogP contribution is 2.18. The first-order valence-corrected chi connectivity index (χ1v) is 7.23. The van der Waals surface area contributed by atoms with Crippen LogP contribution >= 0.6 is 0 Å². The molecule has 0 radical (unpaired) electrons. The van der Waals surface area contributed by atoms with Crippen molar-refractivity contribution in [3.63, 3.8) is 0 Å². The molecule has 8 heteroatoms. The molecule has 1 atom stereocenters. The third-order valence-corrected chi connectivity index (χ3v) is 3.55. The maximum absolute atomic E-state index is 11.5. The van der Waals surface area contributed by atoms with Gasteiger partial charge in [0.2, 0.25) is 15.9 Å². The molecule has 4 N–H and O–H groups in total.